The van der Waals surface area contributed by atoms with Gasteiger partial charge in [-0.2, -0.15) is 9.67 Å². The molecule has 0 spiro atoms. The molecule has 1 N–H and O–H groups in total. The monoisotopic (exact) mass is 361 g/mol. The lowest BCUT2D eigenvalue weighted by Crippen LogP contribution is -2.17. The zero-order chi connectivity index (χ0) is 17.8. The van der Waals surface area contributed by atoms with E-state index in [0.717, 1.165) is 10.4 Å². The van der Waals surface area contributed by atoms with Gasteiger partial charge >= 0.3 is 0 Å². The van der Waals surface area contributed by atoms with Crippen LogP contribution in [0.1, 0.15) is 15.2 Å². The van der Waals surface area contributed by atoms with E-state index in [0.29, 0.717) is 23.9 Å². The molecule has 26 heavy (non-hydrogen) atoms. The number of nitrogens with one attached hydrogen (secondary N) is 1. The van der Waals surface area contributed by atoms with Gasteiger partial charge in [-0.05, 0) is 23.6 Å². The Morgan fingerprint density at radius 1 is 1.04 bits per heavy atom. The molecule has 1 aromatic carbocycles. The Morgan fingerprint density at radius 2 is 1.85 bits per heavy atom. The molecule has 0 aliphatic rings. The summed E-state index contributed by atoms with van der Waals surface area (Å²) in [6, 6.07) is 16.9. The average Bonchev–Trinajstić information content (AvgIpc) is 3.37. The quantitative estimate of drug-likeness (QED) is 0.587. The van der Waals surface area contributed by atoms with E-state index < -0.39 is 0 Å². The molecule has 0 aliphatic carbocycles. The Hall–Kier alpha value is -3.32. The minimum absolute atomic E-state index is 0.254. The van der Waals surface area contributed by atoms with Gasteiger partial charge in [0, 0.05) is 28.4 Å². The molecule has 7 heteroatoms. The third-order valence-electron chi connectivity index (χ3n) is 3.76. The fourth-order valence-corrected chi connectivity index (χ4v) is 3.12. The summed E-state index contributed by atoms with van der Waals surface area (Å²) in [4.78, 5) is 22.5. The lowest BCUT2D eigenvalue weighted by Gasteiger charge is -2.06. The summed E-state index contributed by atoms with van der Waals surface area (Å²) in [6.45, 7) is 0.578. The van der Waals surface area contributed by atoms with Crippen LogP contribution >= 0.6 is 11.3 Å². The minimum atomic E-state index is -0.254. The molecule has 0 bridgehead atoms. The lowest BCUT2D eigenvalue weighted by molar-refractivity contribution is 0.0947. The van der Waals surface area contributed by atoms with Crippen molar-refractivity contribution in [2.24, 2.45) is 0 Å². The molecule has 0 radical (unpaired) electrons. The Balaban J connectivity index is 1.70. The summed E-state index contributed by atoms with van der Waals surface area (Å²) >= 11 is 1.64. The Morgan fingerprint density at radius 3 is 2.58 bits per heavy atom. The van der Waals surface area contributed by atoms with Crippen molar-refractivity contribution in [2.75, 3.05) is 5.32 Å². The maximum Gasteiger partial charge on any atom is 0.281 e. The zero-order valence-corrected chi connectivity index (χ0v) is 14.6. The minimum Gasteiger partial charge on any atom is -0.349 e. The molecule has 0 fully saturated rings. The van der Waals surface area contributed by atoms with Crippen LogP contribution in [0.4, 0.5) is 5.95 Å². The van der Waals surface area contributed by atoms with Crippen molar-refractivity contribution in [3.8, 4) is 11.4 Å². The number of hydrogen-bond acceptors (Lipinski definition) is 6. The summed E-state index contributed by atoms with van der Waals surface area (Å²) in [5, 5.41) is 9.67. The van der Waals surface area contributed by atoms with Crippen LogP contribution in [-0.2, 0) is 6.54 Å². The van der Waals surface area contributed by atoms with Gasteiger partial charge in [-0.15, -0.1) is 16.4 Å². The van der Waals surface area contributed by atoms with E-state index in [9.17, 15) is 4.79 Å². The van der Waals surface area contributed by atoms with Crippen molar-refractivity contribution in [1.29, 1.82) is 0 Å². The summed E-state index contributed by atoms with van der Waals surface area (Å²) in [6.07, 6.45) is 3.17. The molecular formula is C19H15N5OS. The fraction of sp³-hybridized carbons (Fsp3) is 0.0526. The molecule has 4 aromatic rings. The summed E-state index contributed by atoms with van der Waals surface area (Å²) in [5.41, 5.74) is 1.36. The van der Waals surface area contributed by atoms with Crippen LogP contribution in [0.15, 0.2) is 72.4 Å². The van der Waals surface area contributed by atoms with Crippen LogP contribution in [0.5, 0.6) is 0 Å². The number of carbonyl (C=O) groups excluding carboxylic acids is 1. The molecule has 0 saturated carbocycles. The molecule has 4 rings (SSSR count). The number of aromatic nitrogens is 4. The van der Waals surface area contributed by atoms with Crippen LogP contribution in [0.2, 0.25) is 0 Å². The van der Waals surface area contributed by atoms with Crippen LogP contribution < -0.4 is 5.32 Å². The number of anilines is 1. The predicted octanol–water partition coefficient (Wildman–Crippen LogP) is 3.70. The van der Waals surface area contributed by atoms with Crippen molar-refractivity contribution in [3.05, 3.63) is 82.8 Å². The standard InChI is InChI=1S/C19H15N5OS/c25-18(15-8-10-20-11-9-15)24-19(21-13-16-7-4-12-26-16)22-17(23-24)14-5-2-1-3-6-14/h1-12H,13H2,(H,21,22,23). The highest BCUT2D eigenvalue weighted by Crippen LogP contribution is 2.19. The first-order chi connectivity index (χ1) is 12.8. The topological polar surface area (TPSA) is 72.7 Å². The first kappa shape index (κ1) is 16.2. The Bertz CT molecular complexity index is 997. The van der Waals surface area contributed by atoms with Crippen molar-refractivity contribution in [2.45, 2.75) is 6.54 Å². The second kappa shape index (κ2) is 7.28. The summed E-state index contributed by atoms with van der Waals surface area (Å²) in [7, 11) is 0. The first-order valence-corrected chi connectivity index (χ1v) is 8.93. The van der Waals surface area contributed by atoms with Gasteiger partial charge in [0.15, 0.2) is 5.82 Å². The summed E-state index contributed by atoms with van der Waals surface area (Å²) in [5.74, 6) is 0.663. The van der Waals surface area contributed by atoms with Gasteiger partial charge in [-0.3, -0.25) is 9.78 Å². The first-order valence-electron chi connectivity index (χ1n) is 8.05. The lowest BCUT2D eigenvalue weighted by atomic mass is 10.2. The molecule has 0 unspecified atom stereocenters. The third kappa shape index (κ3) is 3.38. The maximum absolute atomic E-state index is 12.9. The molecule has 128 valence electrons. The smallest absolute Gasteiger partial charge is 0.281 e. The molecular weight excluding hydrogens is 346 g/mol. The molecule has 3 aromatic heterocycles. The van der Waals surface area contributed by atoms with Crippen LogP contribution in [0.25, 0.3) is 11.4 Å². The van der Waals surface area contributed by atoms with E-state index in [-0.39, 0.29) is 5.91 Å². The molecule has 0 atom stereocenters. The Labute approximate surface area is 154 Å². The van der Waals surface area contributed by atoms with Gasteiger partial charge in [0.2, 0.25) is 5.95 Å². The van der Waals surface area contributed by atoms with E-state index in [1.54, 1.807) is 35.9 Å². The van der Waals surface area contributed by atoms with Crippen LogP contribution in [0.3, 0.4) is 0 Å². The highest BCUT2D eigenvalue weighted by Gasteiger charge is 2.18. The maximum atomic E-state index is 12.9. The molecule has 3 heterocycles. The molecule has 0 amide bonds. The number of carbonyl (C=O) groups is 1. The predicted molar refractivity (Wildman–Crippen MR) is 101 cm³/mol. The van der Waals surface area contributed by atoms with E-state index in [1.807, 2.05) is 47.8 Å². The SMILES string of the molecule is O=C(c1ccncc1)n1nc(-c2ccccc2)nc1NCc1cccs1. The largest absolute Gasteiger partial charge is 0.349 e. The molecule has 0 aliphatic heterocycles. The number of benzene rings is 1. The van der Waals surface area contributed by atoms with E-state index >= 15 is 0 Å². The second-order valence-corrected chi connectivity index (χ2v) is 6.54. The van der Waals surface area contributed by atoms with Crippen molar-refractivity contribution >= 4 is 23.2 Å². The highest BCUT2D eigenvalue weighted by atomic mass is 32.1. The van der Waals surface area contributed by atoms with Gasteiger partial charge < -0.3 is 5.32 Å². The molecule has 6 nitrogen and oxygen atoms in total. The van der Waals surface area contributed by atoms with Crippen molar-refractivity contribution in [3.63, 3.8) is 0 Å². The number of pyridine rings is 1. The van der Waals surface area contributed by atoms with Gasteiger partial charge in [0.05, 0.1) is 6.54 Å². The second-order valence-electron chi connectivity index (χ2n) is 5.51. The highest BCUT2D eigenvalue weighted by molar-refractivity contribution is 7.09. The van der Waals surface area contributed by atoms with Crippen LogP contribution in [0, 0.1) is 0 Å². The van der Waals surface area contributed by atoms with Gasteiger partial charge in [-0.1, -0.05) is 36.4 Å². The fourth-order valence-electron chi connectivity index (χ4n) is 2.47. The molecule has 0 saturated heterocycles. The van der Waals surface area contributed by atoms with Crippen LogP contribution in [-0.4, -0.2) is 25.7 Å². The van der Waals surface area contributed by atoms with E-state index in [4.69, 9.17) is 0 Å². The number of hydrogen-bond donors (Lipinski definition) is 1. The number of thiophene rings is 1. The van der Waals surface area contributed by atoms with Crippen molar-refractivity contribution in [1.82, 2.24) is 19.7 Å². The summed E-state index contributed by atoms with van der Waals surface area (Å²) < 4.78 is 1.31. The number of rotatable bonds is 5. The third-order valence-corrected chi connectivity index (χ3v) is 4.64. The number of nitrogens with zero attached hydrogens (tertiary/aromatic N) is 4. The van der Waals surface area contributed by atoms with E-state index in [2.05, 4.69) is 20.4 Å². The van der Waals surface area contributed by atoms with Crippen molar-refractivity contribution < 1.29 is 4.79 Å². The normalized spacial score (nSPS) is 10.6. The van der Waals surface area contributed by atoms with Gasteiger partial charge in [0.1, 0.15) is 0 Å². The zero-order valence-electron chi connectivity index (χ0n) is 13.7. The van der Waals surface area contributed by atoms with Gasteiger partial charge in [0.25, 0.3) is 5.91 Å². The van der Waals surface area contributed by atoms with E-state index in [1.165, 1.54) is 4.68 Å². The van der Waals surface area contributed by atoms with Gasteiger partial charge in [-0.25, -0.2) is 0 Å². The Kier molecular flexibility index (Phi) is 4.53. The average molecular weight is 361 g/mol.